The molecule has 0 aliphatic heterocycles. The van der Waals surface area contributed by atoms with Crippen molar-refractivity contribution in [2.45, 2.75) is 199 Å². The zero-order valence-electron chi connectivity index (χ0n) is 36.4. The van der Waals surface area contributed by atoms with Gasteiger partial charge in [-0.15, -0.1) is 0 Å². The van der Waals surface area contributed by atoms with Crippen molar-refractivity contribution in [2.75, 3.05) is 40.9 Å². The minimum atomic E-state index is -4.34. The predicted molar refractivity (Wildman–Crippen MR) is 235 cm³/mol. The van der Waals surface area contributed by atoms with Crippen molar-refractivity contribution in [1.29, 1.82) is 0 Å². The van der Waals surface area contributed by atoms with Gasteiger partial charge in [0.1, 0.15) is 13.2 Å². The molecule has 0 radical (unpaired) electrons. The lowest BCUT2D eigenvalue weighted by atomic mass is 10.0. The number of carbonyl (C=O) groups excluding carboxylic acids is 1. The summed E-state index contributed by atoms with van der Waals surface area (Å²) in [6.07, 6.45) is 47.5. The molecule has 9 heteroatoms. The first-order chi connectivity index (χ1) is 26.5. The van der Waals surface area contributed by atoms with Crippen LogP contribution in [0.4, 0.5) is 0 Å². The van der Waals surface area contributed by atoms with Gasteiger partial charge in [0.15, 0.2) is 0 Å². The maximum atomic E-state index is 12.9. The minimum Gasteiger partial charge on any atom is -0.387 e. The Bertz CT molecular complexity index is 1040. The lowest BCUT2D eigenvalue weighted by Crippen LogP contribution is -2.45. The molecule has 0 saturated carbocycles. The molecule has 3 unspecified atom stereocenters. The monoisotopic (exact) mass is 796 g/mol. The zero-order chi connectivity index (χ0) is 40.7. The van der Waals surface area contributed by atoms with Crippen molar-refractivity contribution in [2.24, 2.45) is 0 Å². The van der Waals surface area contributed by atoms with E-state index in [0.29, 0.717) is 17.4 Å². The zero-order valence-corrected chi connectivity index (χ0v) is 37.3. The summed E-state index contributed by atoms with van der Waals surface area (Å²) in [5.41, 5.74) is 0. The highest BCUT2D eigenvalue weighted by Gasteiger charge is 2.27. The van der Waals surface area contributed by atoms with E-state index in [2.05, 4.69) is 55.6 Å². The van der Waals surface area contributed by atoms with Crippen molar-refractivity contribution in [1.82, 2.24) is 5.32 Å². The largest absolute Gasteiger partial charge is 0.472 e. The van der Waals surface area contributed by atoms with Gasteiger partial charge < -0.3 is 19.8 Å². The van der Waals surface area contributed by atoms with Gasteiger partial charge in [-0.2, -0.15) is 0 Å². The van der Waals surface area contributed by atoms with E-state index >= 15 is 0 Å². The summed E-state index contributed by atoms with van der Waals surface area (Å²) in [5, 5.41) is 13.8. The van der Waals surface area contributed by atoms with E-state index in [1.807, 2.05) is 27.2 Å². The number of aliphatic hydroxyl groups is 1. The summed E-state index contributed by atoms with van der Waals surface area (Å²) < 4.78 is 23.5. The molecule has 3 atom stereocenters. The van der Waals surface area contributed by atoms with Gasteiger partial charge in [0.25, 0.3) is 0 Å². The number of phosphoric ester groups is 1. The van der Waals surface area contributed by atoms with Gasteiger partial charge in [-0.05, 0) is 51.4 Å². The van der Waals surface area contributed by atoms with Crippen LogP contribution in [0.25, 0.3) is 0 Å². The average Bonchev–Trinajstić information content (AvgIpc) is 3.13. The summed E-state index contributed by atoms with van der Waals surface area (Å²) >= 11 is 0. The smallest absolute Gasteiger partial charge is 0.387 e. The van der Waals surface area contributed by atoms with E-state index in [4.69, 9.17) is 9.05 Å². The second-order valence-corrected chi connectivity index (χ2v) is 17.9. The first-order valence-corrected chi connectivity index (χ1v) is 24.0. The van der Waals surface area contributed by atoms with Crippen LogP contribution in [0.5, 0.6) is 0 Å². The molecular formula is C46H88N2O6P+. The fraction of sp³-hybridized carbons (Fsp3) is 0.804. The first-order valence-electron chi connectivity index (χ1n) is 22.5. The molecule has 1 amide bonds. The quantitative estimate of drug-likeness (QED) is 0.0247. The van der Waals surface area contributed by atoms with Gasteiger partial charge in [-0.3, -0.25) is 13.8 Å². The predicted octanol–water partition coefficient (Wildman–Crippen LogP) is 12.5. The van der Waals surface area contributed by atoms with Crippen LogP contribution in [-0.4, -0.2) is 73.4 Å². The Labute approximate surface area is 339 Å². The molecule has 0 aliphatic carbocycles. The SMILES string of the molecule is CC/C=C\C/C=C\C/C=C\CCCCCCCC(=O)NC(COP(=O)(O)OCC[N+](C)(C)C)C(O)/C=C/CCCCCCCCCCCCCCCCCC. The van der Waals surface area contributed by atoms with Crippen LogP contribution in [0.1, 0.15) is 187 Å². The number of quaternary nitrogens is 1. The second kappa shape index (κ2) is 38.0. The van der Waals surface area contributed by atoms with Crippen molar-refractivity contribution in [3.8, 4) is 0 Å². The van der Waals surface area contributed by atoms with E-state index in [-0.39, 0.29) is 19.1 Å². The fourth-order valence-electron chi connectivity index (χ4n) is 6.23. The molecular weight excluding hydrogens is 707 g/mol. The molecule has 0 fully saturated rings. The second-order valence-electron chi connectivity index (χ2n) is 16.4. The third-order valence-electron chi connectivity index (χ3n) is 9.80. The lowest BCUT2D eigenvalue weighted by molar-refractivity contribution is -0.870. The molecule has 55 heavy (non-hydrogen) atoms. The molecule has 0 heterocycles. The normalized spacial score (nSPS) is 14.8. The molecule has 0 spiro atoms. The number of likely N-dealkylation sites (N-methyl/N-ethyl adjacent to an activating group) is 1. The topological polar surface area (TPSA) is 105 Å². The number of carbonyl (C=O) groups is 1. The Morgan fingerprint density at radius 1 is 0.636 bits per heavy atom. The molecule has 0 aromatic rings. The van der Waals surface area contributed by atoms with Crippen molar-refractivity contribution < 1.29 is 32.9 Å². The Balaban J connectivity index is 4.45. The van der Waals surface area contributed by atoms with Crippen LogP contribution >= 0.6 is 7.82 Å². The van der Waals surface area contributed by atoms with E-state index < -0.39 is 20.0 Å². The minimum absolute atomic E-state index is 0.0564. The molecule has 0 saturated heterocycles. The Morgan fingerprint density at radius 3 is 1.60 bits per heavy atom. The summed E-state index contributed by atoms with van der Waals surface area (Å²) in [6, 6.07) is -0.855. The first kappa shape index (κ1) is 53.5. The summed E-state index contributed by atoms with van der Waals surface area (Å²) in [7, 11) is 1.55. The summed E-state index contributed by atoms with van der Waals surface area (Å²) in [4.78, 5) is 23.1. The number of rotatable bonds is 40. The number of hydrogen-bond donors (Lipinski definition) is 3. The molecule has 8 nitrogen and oxygen atoms in total. The van der Waals surface area contributed by atoms with Crippen LogP contribution in [0, 0.1) is 0 Å². The Kier molecular flexibility index (Phi) is 36.9. The molecule has 3 N–H and O–H groups in total. The Hall–Kier alpha value is -1.54. The van der Waals surface area contributed by atoms with Gasteiger partial charge in [0.2, 0.25) is 5.91 Å². The molecule has 0 aromatic carbocycles. The maximum absolute atomic E-state index is 12.9. The van der Waals surface area contributed by atoms with Crippen LogP contribution in [0.3, 0.4) is 0 Å². The number of aliphatic hydroxyl groups excluding tert-OH is 1. The maximum Gasteiger partial charge on any atom is 0.472 e. The lowest BCUT2D eigenvalue weighted by Gasteiger charge is -2.25. The van der Waals surface area contributed by atoms with Crippen LogP contribution in [0.15, 0.2) is 48.6 Å². The van der Waals surface area contributed by atoms with Crippen LogP contribution in [0.2, 0.25) is 0 Å². The highest BCUT2D eigenvalue weighted by Crippen LogP contribution is 2.43. The molecule has 322 valence electrons. The van der Waals surface area contributed by atoms with E-state index in [0.717, 1.165) is 77.0 Å². The van der Waals surface area contributed by atoms with Gasteiger partial charge in [-0.1, -0.05) is 178 Å². The highest BCUT2D eigenvalue weighted by molar-refractivity contribution is 7.47. The number of nitrogens with one attached hydrogen (secondary N) is 1. The summed E-state index contributed by atoms with van der Waals surface area (Å²) in [5.74, 6) is -0.196. The fourth-order valence-corrected chi connectivity index (χ4v) is 6.97. The number of nitrogens with zero attached hydrogens (tertiary/aromatic N) is 1. The van der Waals surface area contributed by atoms with Crippen molar-refractivity contribution in [3.05, 3.63) is 48.6 Å². The molecule has 0 rings (SSSR count). The van der Waals surface area contributed by atoms with Gasteiger partial charge in [-0.25, -0.2) is 4.57 Å². The van der Waals surface area contributed by atoms with Crippen molar-refractivity contribution in [3.63, 3.8) is 0 Å². The Morgan fingerprint density at radius 2 is 1.09 bits per heavy atom. The van der Waals surface area contributed by atoms with Crippen LogP contribution < -0.4 is 5.32 Å². The molecule has 0 aliphatic rings. The summed E-state index contributed by atoms with van der Waals surface area (Å²) in [6.45, 7) is 4.68. The number of unbranched alkanes of at least 4 members (excludes halogenated alkanes) is 21. The number of allylic oxidation sites excluding steroid dienone is 7. The average molecular weight is 796 g/mol. The molecule has 0 bridgehead atoms. The van der Waals surface area contributed by atoms with Gasteiger partial charge >= 0.3 is 7.82 Å². The van der Waals surface area contributed by atoms with E-state index in [1.54, 1.807) is 6.08 Å². The standard InChI is InChI=1S/C46H87N2O6P/c1-6-8-10-12-14-16-18-20-22-23-24-26-27-29-31-33-35-37-39-45(49)44(43-54-55(51,52)53-42-41-48(3,4)5)47-46(50)40-38-36-34-32-30-28-25-21-19-17-15-13-11-9-7-2/h9,11,15,17,21,25,37,39,44-45,49H,6-8,10,12-14,16,18-20,22-24,26-36,38,40-43H2,1-5H3,(H-,47,50,51,52)/p+1/b11-9-,17-15-,25-21-,39-37+. The number of amides is 1. The molecule has 0 aromatic heterocycles. The highest BCUT2D eigenvalue weighted by atomic mass is 31.2. The van der Waals surface area contributed by atoms with Gasteiger partial charge in [0, 0.05) is 6.42 Å². The van der Waals surface area contributed by atoms with E-state index in [1.165, 1.54) is 89.9 Å². The van der Waals surface area contributed by atoms with Crippen LogP contribution in [-0.2, 0) is 18.4 Å². The number of hydrogen-bond acceptors (Lipinski definition) is 5. The van der Waals surface area contributed by atoms with E-state index in [9.17, 15) is 19.4 Å². The third-order valence-corrected chi connectivity index (χ3v) is 10.8. The van der Waals surface area contributed by atoms with Crippen molar-refractivity contribution >= 4 is 13.7 Å². The van der Waals surface area contributed by atoms with Gasteiger partial charge in [0.05, 0.1) is 39.9 Å². The number of phosphoric acid groups is 1. The third kappa shape index (κ3) is 40.5.